The Balaban J connectivity index is 1.89. The zero-order valence-electron chi connectivity index (χ0n) is 16.1. The van der Waals surface area contributed by atoms with Crippen LogP contribution in [0, 0.1) is 0 Å². The standard InChI is InChI=1S/C21H26N2O3S/c1-4-26-21(25)18(12-15-8-6-5-7-9-15)23(16-10-11-16)20(24)19-22-17(13-27-19)14(2)3/h5-9,13-14,16,18H,4,10-12H2,1-3H3. The van der Waals surface area contributed by atoms with E-state index < -0.39 is 6.04 Å². The molecule has 0 spiro atoms. The molecule has 1 aliphatic rings. The Hall–Kier alpha value is -2.21. The van der Waals surface area contributed by atoms with E-state index in [4.69, 9.17) is 4.74 Å². The molecule has 1 atom stereocenters. The summed E-state index contributed by atoms with van der Waals surface area (Å²) in [6.45, 7) is 6.19. The van der Waals surface area contributed by atoms with E-state index in [1.807, 2.05) is 35.7 Å². The van der Waals surface area contributed by atoms with Crippen molar-refractivity contribution in [1.82, 2.24) is 9.88 Å². The Bertz CT molecular complexity index is 784. The highest BCUT2D eigenvalue weighted by molar-refractivity contribution is 7.11. The van der Waals surface area contributed by atoms with E-state index in [-0.39, 0.29) is 23.8 Å². The van der Waals surface area contributed by atoms with Gasteiger partial charge in [-0.3, -0.25) is 4.79 Å². The topological polar surface area (TPSA) is 59.5 Å². The number of hydrogen-bond donors (Lipinski definition) is 0. The first-order valence-corrected chi connectivity index (χ1v) is 10.4. The zero-order chi connectivity index (χ0) is 19.4. The normalized spacial score (nSPS) is 14.8. The minimum absolute atomic E-state index is 0.0852. The van der Waals surface area contributed by atoms with Crippen LogP contribution in [0.4, 0.5) is 0 Å². The van der Waals surface area contributed by atoms with Crippen molar-refractivity contribution in [2.24, 2.45) is 0 Å². The number of nitrogens with zero attached hydrogens (tertiary/aromatic N) is 2. The smallest absolute Gasteiger partial charge is 0.329 e. The molecule has 1 aromatic carbocycles. The van der Waals surface area contributed by atoms with Crippen molar-refractivity contribution in [3.63, 3.8) is 0 Å². The Kier molecular flexibility index (Phi) is 6.26. The van der Waals surface area contributed by atoms with Gasteiger partial charge in [0.15, 0.2) is 5.01 Å². The lowest BCUT2D eigenvalue weighted by Gasteiger charge is -2.30. The molecule has 2 aromatic rings. The van der Waals surface area contributed by atoms with Crippen LogP contribution < -0.4 is 0 Å². The third kappa shape index (κ3) is 4.75. The molecule has 1 unspecified atom stereocenters. The summed E-state index contributed by atoms with van der Waals surface area (Å²) < 4.78 is 5.31. The number of hydrogen-bond acceptors (Lipinski definition) is 5. The lowest BCUT2D eigenvalue weighted by molar-refractivity contribution is -0.148. The molecule has 1 aliphatic carbocycles. The summed E-state index contributed by atoms with van der Waals surface area (Å²) >= 11 is 1.35. The van der Waals surface area contributed by atoms with Gasteiger partial charge in [-0.25, -0.2) is 9.78 Å². The van der Waals surface area contributed by atoms with Gasteiger partial charge in [0.2, 0.25) is 0 Å². The molecule has 0 radical (unpaired) electrons. The van der Waals surface area contributed by atoms with E-state index in [1.165, 1.54) is 11.3 Å². The van der Waals surface area contributed by atoms with Crippen molar-refractivity contribution in [2.45, 2.75) is 58.0 Å². The molecular weight excluding hydrogens is 360 g/mol. The molecule has 0 bridgehead atoms. The molecule has 1 heterocycles. The fraction of sp³-hybridized carbons (Fsp3) is 0.476. The molecule has 5 nitrogen and oxygen atoms in total. The third-order valence-corrected chi connectivity index (χ3v) is 5.49. The summed E-state index contributed by atoms with van der Waals surface area (Å²) in [4.78, 5) is 32.2. The van der Waals surface area contributed by atoms with E-state index in [9.17, 15) is 9.59 Å². The summed E-state index contributed by atoms with van der Waals surface area (Å²) in [7, 11) is 0. The van der Waals surface area contributed by atoms with Crippen molar-refractivity contribution in [2.75, 3.05) is 6.61 Å². The lowest BCUT2D eigenvalue weighted by Crippen LogP contribution is -2.48. The molecular formula is C21H26N2O3S. The van der Waals surface area contributed by atoms with Gasteiger partial charge in [-0.05, 0) is 31.2 Å². The fourth-order valence-corrected chi connectivity index (χ4v) is 3.97. The molecule has 0 aliphatic heterocycles. The molecule has 3 rings (SSSR count). The lowest BCUT2D eigenvalue weighted by atomic mass is 10.0. The van der Waals surface area contributed by atoms with Crippen LogP contribution in [-0.4, -0.2) is 40.5 Å². The summed E-state index contributed by atoms with van der Waals surface area (Å²) in [6, 6.07) is 9.23. The second kappa shape index (κ2) is 8.65. The van der Waals surface area contributed by atoms with Crippen molar-refractivity contribution in [3.8, 4) is 0 Å². The molecule has 144 valence electrons. The maximum atomic E-state index is 13.3. The maximum absolute atomic E-state index is 13.3. The second-order valence-corrected chi connectivity index (χ2v) is 7.99. The molecule has 6 heteroatoms. The Morgan fingerprint density at radius 1 is 1.26 bits per heavy atom. The molecule has 0 saturated heterocycles. The van der Waals surface area contributed by atoms with E-state index in [1.54, 1.807) is 11.8 Å². The maximum Gasteiger partial charge on any atom is 0.329 e. The largest absolute Gasteiger partial charge is 0.464 e. The van der Waals surface area contributed by atoms with Gasteiger partial charge in [-0.1, -0.05) is 44.2 Å². The monoisotopic (exact) mass is 386 g/mol. The van der Waals surface area contributed by atoms with Gasteiger partial charge in [0.05, 0.1) is 12.3 Å². The van der Waals surface area contributed by atoms with E-state index >= 15 is 0 Å². The highest BCUT2D eigenvalue weighted by atomic mass is 32.1. The quantitative estimate of drug-likeness (QED) is 0.642. The number of carbonyl (C=O) groups is 2. The molecule has 0 N–H and O–H groups in total. The van der Waals surface area contributed by atoms with Crippen molar-refractivity contribution in [3.05, 3.63) is 52.0 Å². The van der Waals surface area contributed by atoms with Crippen LogP contribution in [0.15, 0.2) is 35.7 Å². The zero-order valence-corrected chi connectivity index (χ0v) is 16.9. The average Bonchev–Trinajstić information content (AvgIpc) is 3.36. The first-order valence-electron chi connectivity index (χ1n) is 9.49. The van der Waals surface area contributed by atoms with Crippen LogP contribution in [0.1, 0.15) is 60.6 Å². The van der Waals surface area contributed by atoms with E-state index in [0.29, 0.717) is 18.0 Å². The molecule has 1 aromatic heterocycles. The van der Waals surface area contributed by atoms with Crippen LogP contribution in [0.25, 0.3) is 0 Å². The first kappa shape index (κ1) is 19.5. The number of benzene rings is 1. The van der Waals surface area contributed by atoms with Gasteiger partial charge in [-0.15, -0.1) is 11.3 Å². The predicted octanol–water partition coefficient (Wildman–Crippen LogP) is 4.05. The van der Waals surface area contributed by atoms with Crippen molar-refractivity contribution < 1.29 is 14.3 Å². The van der Waals surface area contributed by atoms with Crippen LogP contribution in [0.2, 0.25) is 0 Å². The van der Waals surface area contributed by atoms with E-state index in [2.05, 4.69) is 18.8 Å². The minimum atomic E-state index is -0.626. The number of ether oxygens (including phenoxy) is 1. The van der Waals surface area contributed by atoms with Gasteiger partial charge >= 0.3 is 5.97 Å². The van der Waals surface area contributed by atoms with Gasteiger partial charge in [0.25, 0.3) is 5.91 Å². The second-order valence-electron chi connectivity index (χ2n) is 7.13. The number of rotatable bonds is 8. The SMILES string of the molecule is CCOC(=O)C(Cc1ccccc1)N(C(=O)c1nc(C(C)C)cs1)C1CC1. The third-order valence-electron chi connectivity index (χ3n) is 4.64. The summed E-state index contributed by atoms with van der Waals surface area (Å²) in [5.74, 6) is -0.243. The number of amides is 1. The van der Waals surface area contributed by atoms with Gasteiger partial charge in [0.1, 0.15) is 6.04 Å². The fourth-order valence-electron chi connectivity index (χ4n) is 3.05. The number of aromatic nitrogens is 1. The van der Waals surface area contributed by atoms with Crippen LogP contribution in [0.5, 0.6) is 0 Å². The van der Waals surface area contributed by atoms with Crippen LogP contribution in [0.3, 0.4) is 0 Å². The first-order chi connectivity index (χ1) is 13.0. The molecule has 27 heavy (non-hydrogen) atoms. The number of esters is 1. The number of thiazole rings is 1. The van der Waals surface area contributed by atoms with E-state index in [0.717, 1.165) is 24.1 Å². The number of carbonyl (C=O) groups excluding carboxylic acids is 2. The average molecular weight is 387 g/mol. The van der Waals surface area contributed by atoms with Crippen molar-refractivity contribution in [1.29, 1.82) is 0 Å². The Morgan fingerprint density at radius 3 is 2.52 bits per heavy atom. The summed E-state index contributed by atoms with van der Waals surface area (Å²) in [5, 5.41) is 2.38. The predicted molar refractivity (Wildman–Crippen MR) is 106 cm³/mol. The van der Waals surface area contributed by atoms with Crippen LogP contribution >= 0.6 is 11.3 Å². The molecule has 1 fully saturated rings. The minimum Gasteiger partial charge on any atom is -0.464 e. The molecule has 1 saturated carbocycles. The Labute approximate surface area is 164 Å². The van der Waals surface area contributed by atoms with Crippen LogP contribution in [-0.2, 0) is 16.0 Å². The highest BCUT2D eigenvalue weighted by Crippen LogP contribution is 2.32. The van der Waals surface area contributed by atoms with Crippen molar-refractivity contribution >= 4 is 23.2 Å². The van der Waals surface area contributed by atoms with Gasteiger partial charge in [0, 0.05) is 17.8 Å². The highest BCUT2D eigenvalue weighted by Gasteiger charge is 2.42. The Morgan fingerprint density at radius 2 is 1.96 bits per heavy atom. The van der Waals surface area contributed by atoms with Gasteiger partial charge < -0.3 is 9.64 Å². The summed E-state index contributed by atoms with van der Waals surface area (Å²) in [6.07, 6.45) is 2.28. The molecule has 1 amide bonds. The van der Waals surface area contributed by atoms with Gasteiger partial charge in [-0.2, -0.15) is 0 Å². The summed E-state index contributed by atoms with van der Waals surface area (Å²) in [5.41, 5.74) is 1.92.